The second kappa shape index (κ2) is 7.12. The Labute approximate surface area is 83.9 Å². The number of carbonyl (C=O) groups excluding carboxylic acids is 2. The molecule has 0 heterocycles. The lowest BCUT2D eigenvalue weighted by Crippen LogP contribution is -2.16. The van der Waals surface area contributed by atoms with Crippen molar-refractivity contribution < 1.29 is 19.1 Å². The minimum absolute atomic E-state index is 0.0246. The summed E-state index contributed by atoms with van der Waals surface area (Å²) < 4.78 is 9.47. The molecule has 80 valence electrons. The zero-order valence-electron chi connectivity index (χ0n) is 8.83. The van der Waals surface area contributed by atoms with Crippen molar-refractivity contribution in [3.05, 3.63) is 11.8 Å². The summed E-state index contributed by atoms with van der Waals surface area (Å²) in [7, 11) is 1.38. The SMILES string of the molecule is CCCOC(=O)/C(=C\OC)C(=O)CC. The Bertz CT molecular complexity index is 230. The molecule has 0 fully saturated rings. The van der Waals surface area contributed by atoms with E-state index in [1.165, 1.54) is 7.11 Å². The van der Waals surface area contributed by atoms with Crippen molar-refractivity contribution in [2.24, 2.45) is 0 Å². The van der Waals surface area contributed by atoms with Gasteiger partial charge in [0.15, 0.2) is 5.78 Å². The Morgan fingerprint density at radius 1 is 1.29 bits per heavy atom. The first-order valence-corrected chi connectivity index (χ1v) is 4.60. The van der Waals surface area contributed by atoms with Gasteiger partial charge < -0.3 is 9.47 Å². The van der Waals surface area contributed by atoms with Crippen LogP contribution in [0.25, 0.3) is 0 Å². The summed E-state index contributed by atoms with van der Waals surface area (Å²) in [5, 5.41) is 0. The molecule has 0 aliphatic carbocycles. The fourth-order valence-electron chi connectivity index (χ4n) is 0.808. The van der Waals surface area contributed by atoms with Crippen molar-refractivity contribution in [1.82, 2.24) is 0 Å². The number of esters is 1. The van der Waals surface area contributed by atoms with Gasteiger partial charge in [0.05, 0.1) is 13.7 Å². The smallest absolute Gasteiger partial charge is 0.344 e. The lowest BCUT2D eigenvalue weighted by molar-refractivity contribution is -0.140. The Balaban J connectivity index is 4.42. The third-order valence-electron chi connectivity index (χ3n) is 1.51. The van der Waals surface area contributed by atoms with Crippen molar-refractivity contribution in [2.45, 2.75) is 26.7 Å². The van der Waals surface area contributed by atoms with Crippen LogP contribution in [0.15, 0.2) is 11.8 Å². The average molecular weight is 200 g/mol. The van der Waals surface area contributed by atoms with Crippen LogP contribution in [0, 0.1) is 0 Å². The van der Waals surface area contributed by atoms with Crippen LogP contribution in [0.5, 0.6) is 0 Å². The first-order chi connectivity index (χ1) is 6.67. The lowest BCUT2D eigenvalue weighted by Gasteiger charge is -2.04. The second-order valence-corrected chi connectivity index (χ2v) is 2.68. The van der Waals surface area contributed by atoms with E-state index in [-0.39, 0.29) is 17.8 Å². The largest absolute Gasteiger partial charge is 0.503 e. The molecule has 4 nitrogen and oxygen atoms in total. The molecular formula is C10H16O4. The van der Waals surface area contributed by atoms with Crippen molar-refractivity contribution in [3.63, 3.8) is 0 Å². The minimum Gasteiger partial charge on any atom is -0.503 e. The summed E-state index contributed by atoms with van der Waals surface area (Å²) in [5.41, 5.74) is -0.0246. The van der Waals surface area contributed by atoms with Gasteiger partial charge in [0, 0.05) is 6.42 Å². The van der Waals surface area contributed by atoms with Crippen molar-refractivity contribution in [1.29, 1.82) is 0 Å². The zero-order valence-corrected chi connectivity index (χ0v) is 8.83. The summed E-state index contributed by atoms with van der Waals surface area (Å²) in [6, 6.07) is 0. The predicted molar refractivity (Wildman–Crippen MR) is 51.6 cm³/mol. The average Bonchev–Trinajstić information content (AvgIpc) is 2.21. The van der Waals surface area contributed by atoms with Crippen LogP contribution < -0.4 is 0 Å². The van der Waals surface area contributed by atoms with E-state index in [1.54, 1.807) is 6.92 Å². The first kappa shape index (κ1) is 12.7. The predicted octanol–water partition coefficient (Wildman–Crippen LogP) is 1.45. The summed E-state index contributed by atoms with van der Waals surface area (Å²) in [5.74, 6) is -0.881. The van der Waals surface area contributed by atoms with E-state index in [1.807, 2.05) is 6.92 Å². The van der Waals surface area contributed by atoms with Gasteiger partial charge in [0.1, 0.15) is 11.8 Å². The maximum Gasteiger partial charge on any atom is 0.344 e. The molecule has 0 rings (SSSR count). The number of rotatable bonds is 6. The summed E-state index contributed by atoms with van der Waals surface area (Å²) in [6.07, 6.45) is 2.12. The number of Topliss-reactive ketones (excluding diaryl/α,β-unsaturated/α-hetero) is 1. The Morgan fingerprint density at radius 3 is 2.36 bits per heavy atom. The topological polar surface area (TPSA) is 52.6 Å². The van der Waals surface area contributed by atoms with Gasteiger partial charge in [-0.25, -0.2) is 4.79 Å². The molecule has 0 unspecified atom stereocenters. The van der Waals surface area contributed by atoms with Crippen LogP contribution in [0.1, 0.15) is 26.7 Å². The molecule has 0 aliphatic rings. The highest BCUT2D eigenvalue weighted by atomic mass is 16.5. The molecule has 14 heavy (non-hydrogen) atoms. The summed E-state index contributed by atoms with van der Waals surface area (Å²) >= 11 is 0. The number of methoxy groups -OCH3 is 1. The van der Waals surface area contributed by atoms with Gasteiger partial charge in [-0.15, -0.1) is 0 Å². The zero-order chi connectivity index (χ0) is 11.0. The lowest BCUT2D eigenvalue weighted by atomic mass is 10.1. The fourth-order valence-corrected chi connectivity index (χ4v) is 0.808. The third kappa shape index (κ3) is 4.07. The Morgan fingerprint density at radius 2 is 1.93 bits per heavy atom. The normalized spacial score (nSPS) is 10.9. The van der Waals surface area contributed by atoms with E-state index in [4.69, 9.17) is 4.74 Å². The number of hydrogen-bond acceptors (Lipinski definition) is 4. The number of hydrogen-bond donors (Lipinski definition) is 0. The molecule has 0 N–H and O–H groups in total. The highest BCUT2D eigenvalue weighted by Gasteiger charge is 2.18. The molecule has 0 aromatic rings. The molecule has 0 aliphatic heterocycles. The van der Waals surface area contributed by atoms with E-state index in [9.17, 15) is 9.59 Å². The molecule has 0 spiro atoms. The Kier molecular flexibility index (Phi) is 6.45. The van der Waals surface area contributed by atoms with Gasteiger partial charge in [-0.2, -0.15) is 0 Å². The van der Waals surface area contributed by atoms with Crippen LogP contribution in [-0.4, -0.2) is 25.5 Å². The summed E-state index contributed by atoms with van der Waals surface area (Å²) in [4.78, 5) is 22.6. The first-order valence-electron chi connectivity index (χ1n) is 4.60. The van der Waals surface area contributed by atoms with E-state index in [2.05, 4.69) is 4.74 Å². The van der Waals surface area contributed by atoms with Crippen molar-refractivity contribution >= 4 is 11.8 Å². The quantitative estimate of drug-likeness (QED) is 0.214. The van der Waals surface area contributed by atoms with Crippen molar-refractivity contribution in [3.8, 4) is 0 Å². The highest BCUT2D eigenvalue weighted by Crippen LogP contribution is 2.03. The maximum atomic E-state index is 11.3. The van der Waals surface area contributed by atoms with Gasteiger partial charge in [-0.1, -0.05) is 13.8 Å². The minimum atomic E-state index is -0.611. The molecule has 0 saturated heterocycles. The number of ketones is 1. The summed E-state index contributed by atoms with van der Waals surface area (Å²) in [6.45, 7) is 3.88. The fraction of sp³-hybridized carbons (Fsp3) is 0.600. The Hall–Kier alpha value is -1.32. The molecule has 0 aromatic carbocycles. The van der Waals surface area contributed by atoms with Gasteiger partial charge in [-0.05, 0) is 6.42 Å². The standard InChI is InChI=1S/C10H16O4/c1-4-6-14-10(12)8(7-13-3)9(11)5-2/h7H,4-6H2,1-3H3/b8-7-. The second-order valence-electron chi connectivity index (χ2n) is 2.68. The van der Waals surface area contributed by atoms with Gasteiger partial charge >= 0.3 is 5.97 Å². The van der Waals surface area contributed by atoms with Gasteiger partial charge in [-0.3, -0.25) is 4.79 Å². The molecule has 0 saturated carbocycles. The number of carbonyl (C=O) groups is 2. The van der Waals surface area contributed by atoms with E-state index in [0.717, 1.165) is 12.7 Å². The monoisotopic (exact) mass is 200 g/mol. The van der Waals surface area contributed by atoms with E-state index < -0.39 is 5.97 Å². The van der Waals surface area contributed by atoms with E-state index >= 15 is 0 Å². The van der Waals surface area contributed by atoms with Gasteiger partial charge in [0.2, 0.25) is 0 Å². The van der Waals surface area contributed by atoms with Crippen molar-refractivity contribution in [2.75, 3.05) is 13.7 Å². The molecule has 0 radical (unpaired) electrons. The van der Waals surface area contributed by atoms with Crippen LogP contribution in [0.2, 0.25) is 0 Å². The molecule has 0 bridgehead atoms. The van der Waals surface area contributed by atoms with Crippen LogP contribution in [0.3, 0.4) is 0 Å². The molecule has 0 aromatic heterocycles. The van der Waals surface area contributed by atoms with E-state index in [0.29, 0.717) is 6.61 Å². The molecule has 4 heteroatoms. The molecular weight excluding hydrogens is 184 g/mol. The third-order valence-corrected chi connectivity index (χ3v) is 1.51. The van der Waals surface area contributed by atoms with Crippen LogP contribution in [-0.2, 0) is 19.1 Å². The molecule has 0 atom stereocenters. The van der Waals surface area contributed by atoms with Gasteiger partial charge in [0.25, 0.3) is 0 Å². The van der Waals surface area contributed by atoms with Crippen LogP contribution in [0.4, 0.5) is 0 Å². The van der Waals surface area contributed by atoms with Crippen LogP contribution >= 0.6 is 0 Å². The maximum absolute atomic E-state index is 11.3. The molecule has 0 amide bonds. The highest BCUT2D eigenvalue weighted by molar-refractivity contribution is 6.16. The number of ether oxygens (including phenoxy) is 2.